The molecule has 1 atom stereocenters. The van der Waals surface area contributed by atoms with Crippen LogP contribution in [-0.2, 0) is 4.57 Å². The van der Waals surface area contributed by atoms with Gasteiger partial charge >= 0.3 is 0 Å². The standard InChI is InChI=1S/C20H25O4P/c1-13-10-11-15(22-5)17(18(13)23-6)14-8-7-9-16-19(14)25(21,12-24-16)20(2,3)4/h7-11H,12H2,1-6H3/t25-/m0/s1. The Bertz CT molecular complexity index is 865. The summed E-state index contributed by atoms with van der Waals surface area (Å²) >= 11 is 0. The molecule has 1 aliphatic rings. The van der Waals surface area contributed by atoms with Crippen molar-refractivity contribution in [2.45, 2.75) is 32.9 Å². The Labute approximate surface area is 149 Å². The van der Waals surface area contributed by atoms with Gasteiger partial charge in [0.2, 0.25) is 0 Å². The van der Waals surface area contributed by atoms with E-state index in [1.54, 1.807) is 14.2 Å². The van der Waals surface area contributed by atoms with Gasteiger partial charge in [-0.2, -0.15) is 0 Å². The molecule has 0 saturated carbocycles. The van der Waals surface area contributed by atoms with E-state index in [9.17, 15) is 4.57 Å². The molecular weight excluding hydrogens is 335 g/mol. The van der Waals surface area contributed by atoms with Crippen molar-refractivity contribution in [3.63, 3.8) is 0 Å². The van der Waals surface area contributed by atoms with Gasteiger partial charge < -0.3 is 18.8 Å². The van der Waals surface area contributed by atoms with Crippen molar-refractivity contribution in [1.29, 1.82) is 0 Å². The van der Waals surface area contributed by atoms with Gasteiger partial charge in [-0.15, -0.1) is 0 Å². The number of ether oxygens (including phenoxy) is 3. The topological polar surface area (TPSA) is 44.8 Å². The molecule has 4 nitrogen and oxygen atoms in total. The Hall–Kier alpha value is -1.93. The SMILES string of the molecule is COc1ccc(C)c(OC)c1-c1cccc2c1[P@](=O)(C(C)(C)C)CO2. The molecule has 0 spiro atoms. The van der Waals surface area contributed by atoms with E-state index in [0.717, 1.165) is 27.7 Å². The van der Waals surface area contributed by atoms with E-state index in [2.05, 4.69) is 0 Å². The molecule has 0 unspecified atom stereocenters. The van der Waals surface area contributed by atoms with Crippen molar-refractivity contribution in [3.8, 4) is 28.4 Å². The molecule has 25 heavy (non-hydrogen) atoms. The van der Waals surface area contributed by atoms with Gasteiger partial charge in [0.25, 0.3) is 0 Å². The van der Waals surface area contributed by atoms with Crippen LogP contribution in [0.2, 0.25) is 0 Å². The minimum Gasteiger partial charge on any atom is -0.496 e. The first-order valence-corrected chi connectivity index (χ1v) is 10.2. The Balaban J connectivity index is 2.39. The van der Waals surface area contributed by atoms with Crippen LogP contribution in [-0.4, -0.2) is 25.7 Å². The molecule has 0 aromatic heterocycles. The number of aryl methyl sites for hydroxylation is 1. The van der Waals surface area contributed by atoms with E-state index < -0.39 is 12.3 Å². The average Bonchev–Trinajstić information content (AvgIpc) is 2.93. The molecule has 1 aliphatic heterocycles. The van der Waals surface area contributed by atoms with Crippen molar-refractivity contribution in [2.24, 2.45) is 0 Å². The summed E-state index contributed by atoms with van der Waals surface area (Å²) in [6, 6.07) is 9.67. The number of rotatable bonds is 3. The van der Waals surface area contributed by atoms with Gasteiger partial charge in [0.1, 0.15) is 23.6 Å². The Morgan fingerprint density at radius 3 is 2.40 bits per heavy atom. The second-order valence-corrected chi connectivity index (χ2v) is 10.9. The van der Waals surface area contributed by atoms with Crippen molar-refractivity contribution in [3.05, 3.63) is 35.9 Å². The first kappa shape index (κ1) is 17.9. The number of hydrogen-bond donors (Lipinski definition) is 0. The van der Waals surface area contributed by atoms with Crippen LogP contribution in [0, 0.1) is 6.92 Å². The molecule has 0 radical (unpaired) electrons. The molecule has 0 saturated heterocycles. The first-order valence-electron chi connectivity index (χ1n) is 8.32. The maximum Gasteiger partial charge on any atom is 0.160 e. The predicted octanol–water partition coefficient (Wildman–Crippen LogP) is 4.82. The van der Waals surface area contributed by atoms with Crippen LogP contribution in [0.15, 0.2) is 30.3 Å². The maximum absolute atomic E-state index is 13.9. The Morgan fingerprint density at radius 2 is 1.80 bits per heavy atom. The zero-order valence-electron chi connectivity index (χ0n) is 15.7. The number of methoxy groups -OCH3 is 2. The van der Waals surface area contributed by atoms with Crippen LogP contribution in [0.5, 0.6) is 17.2 Å². The smallest absolute Gasteiger partial charge is 0.160 e. The fourth-order valence-corrected chi connectivity index (χ4v) is 5.90. The summed E-state index contributed by atoms with van der Waals surface area (Å²) in [4.78, 5) is 0. The first-order chi connectivity index (χ1) is 11.7. The zero-order valence-corrected chi connectivity index (χ0v) is 16.6. The lowest BCUT2D eigenvalue weighted by Gasteiger charge is -2.28. The van der Waals surface area contributed by atoms with E-state index in [4.69, 9.17) is 14.2 Å². The molecular formula is C20H25O4P. The second kappa shape index (κ2) is 6.10. The highest BCUT2D eigenvalue weighted by Crippen LogP contribution is 2.63. The number of hydrogen-bond acceptors (Lipinski definition) is 4. The lowest BCUT2D eigenvalue weighted by Crippen LogP contribution is -2.23. The molecule has 3 rings (SSSR count). The summed E-state index contributed by atoms with van der Waals surface area (Å²) in [6.07, 6.45) is 0.235. The van der Waals surface area contributed by atoms with Gasteiger partial charge in [0.15, 0.2) is 7.14 Å². The van der Waals surface area contributed by atoms with Gasteiger partial charge in [-0.25, -0.2) is 0 Å². The third kappa shape index (κ3) is 2.64. The van der Waals surface area contributed by atoms with Crippen LogP contribution in [0.1, 0.15) is 26.3 Å². The van der Waals surface area contributed by atoms with Gasteiger partial charge in [0.05, 0.1) is 25.1 Å². The quantitative estimate of drug-likeness (QED) is 0.737. The summed E-state index contributed by atoms with van der Waals surface area (Å²) in [7, 11) is 0.527. The van der Waals surface area contributed by atoms with E-state index in [0.29, 0.717) is 11.5 Å². The molecule has 5 heteroatoms. The monoisotopic (exact) mass is 360 g/mol. The second-order valence-electron chi connectivity index (χ2n) is 7.33. The Morgan fingerprint density at radius 1 is 1.08 bits per heavy atom. The minimum atomic E-state index is -2.76. The molecule has 0 N–H and O–H groups in total. The van der Waals surface area contributed by atoms with E-state index in [1.807, 2.05) is 58.0 Å². The minimum absolute atomic E-state index is 0.235. The maximum atomic E-state index is 13.9. The van der Waals surface area contributed by atoms with E-state index in [1.165, 1.54) is 0 Å². The third-order valence-corrected chi connectivity index (χ3v) is 8.70. The summed E-state index contributed by atoms with van der Waals surface area (Å²) in [5.41, 5.74) is 2.70. The number of fused-ring (bicyclic) bond motifs is 1. The fraction of sp³-hybridized carbons (Fsp3) is 0.400. The van der Waals surface area contributed by atoms with Crippen LogP contribution in [0.3, 0.4) is 0 Å². The summed E-state index contributed by atoms with van der Waals surface area (Å²) < 4.78 is 31.0. The van der Waals surface area contributed by atoms with Crippen LogP contribution < -0.4 is 19.5 Å². The van der Waals surface area contributed by atoms with Gasteiger partial charge in [-0.3, -0.25) is 0 Å². The molecule has 1 heterocycles. The molecule has 0 fully saturated rings. The van der Waals surface area contributed by atoms with Crippen molar-refractivity contribution < 1.29 is 18.8 Å². The largest absolute Gasteiger partial charge is 0.496 e. The van der Waals surface area contributed by atoms with Crippen molar-refractivity contribution >= 4 is 12.4 Å². The summed E-state index contributed by atoms with van der Waals surface area (Å²) in [5, 5.41) is 0.406. The van der Waals surface area contributed by atoms with Gasteiger partial charge in [-0.05, 0) is 24.6 Å². The Kier molecular flexibility index (Phi) is 4.36. The molecule has 2 aromatic rings. The molecule has 0 aliphatic carbocycles. The molecule has 0 amide bonds. The average molecular weight is 360 g/mol. The van der Waals surface area contributed by atoms with E-state index in [-0.39, 0.29) is 6.35 Å². The summed E-state index contributed by atoms with van der Waals surface area (Å²) in [5.74, 6) is 2.13. The highest BCUT2D eigenvalue weighted by molar-refractivity contribution is 7.73. The van der Waals surface area contributed by atoms with Crippen LogP contribution >= 0.6 is 7.14 Å². The lowest BCUT2D eigenvalue weighted by molar-refractivity contribution is 0.389. The fourth-order valence-electron chi connectivity index (χ4n) is 3.32. The molecule has 134 valence electrons. The van der Waals surface area contributed by atoms with Gasteiger partial charge in [0, 0.05) is 10.7 Å². The highest BCUT2D eigenvalue weighted by Gasteiger charge is 2.47. The van der Waals surface area contributed by atoms with Crippen LogP contribution in [0.25, 0.3) is 11.1 Å². The van der Waals surface area contributed by atoms with Crippen molar-refractivity contribution in [1.82, 2.24) is 0 Å². The van der Waals surface area contributed by atoms with Crippen LogP contribution in [0.4, 0.5) is 0 Å². The summed E-state index contributed by atoms with van der Waals surface area (Å²) in [6.45, 7) is 8.01. The molecule has 0 bridgehead atoms. The van der Waals surface area contributed by atoms with E-state index >= 15 is 0 Å². The molecule has 2 aromatic carbocycles. The third-order valence-electron chi connectivity index (χ3n) is 4.86. The van der Waals surface area contributed by atoms with Crippen molar-refractivity contribution in [2.75, 3.05) is 20.6 Å². The highest BCUT2D eigenvalue weighted by atomic mass is 31.2. The zero-order chi connectivity index (χ0) is 18.4. The lowest BCUT2D eigenvalue weighted by atomic mass is 10.00. The van der Waals surface area contributed by atoms with Gasteiger partial charge in [-0.1, -0.05) is 39.0 Å². The number of benzene rings is 2. The predicted molar refractivity (Wildman–Crippen MR) is 102 cm³/mol. The normalized spacial score (nSPS) is 19.3.